The van der Waals surface area contributed by atoms with Crippen LogP contribution in [0.25, 0.3) is 0 Å². The summed E-state index contributed by atoms with van der Waals surface area (Å²) >= 11 is 12.4. The van der Waals surface area contributed by atoms with E-state index in [0.29, 0.717) is 45.3 Å². The highest BCUT2D eigenvalue weighted by Crippen LogP contribution is 2.49. The molecule has 0 bridgehead atoms. The Bertz CT molecular complexity index is 1300. The summed E-state index contributed by atoms with van der Waals surface area (Å²) < 4.78 is 0. The van der Waals surface area contributed by atoms with E-state index in [-0.39, 0.29) is 22.6 Å². The number of halogens is 2. The van der Waals surface area contributed by atoms with Gasteiger partial charge < -0.3 is 5.73 Å². The van der Waals surface area contributed by atoms with Crippen LogP contribution in [0.2, 0.25) is 10.0 Å². The monoisotopic (exact) mass is 494 g/mol. The molecule has 1 aliphatic carbocycles. The molecule has 1 heterocycles. The zero-order valence-corrected chi connectivity index (χ0v) is 20.6. The van der Waals surface area contributed by atoms with Crippen LogP contribution in [0, 0.1) is 23.7 Å². The molecule has 8 heteroatoms. The molecule has 0 fully saturated rings. The Morgan fingerprint density at radius 3 is 2.44 bits per heavy atom. The Balaban J connectivity index is 1.86. The maximum Gasteiger partial charge on any atom is 0.270 e. The van der Waals surface area contributed by atoms with Gasteiger partial charge in [-0.25, -0.2) is 5.01 Å². The number of carbonyl (C=O) groups is 2. The van der Waals surface area contributed by atoms with E-state index in [1.54, 1.807) is 30.3 Å². The number of rotatable bonds is 3. The number of Topliss-reactive ketones (excluding diaryl/α,β-unsaturated/α-hetero) is 1. The number of nitrogens with one attached hydrogen (secondary N) is 1. The maximum absolute atomic E-state index is 13.5. The topological polar surface area (TPSA) is 99.2 Å². The molecule has 2 aromatic rings. The zero-order chi connectivity index (χ0) is 24.8. The summed E-state index contributed by atoms with van der Waals surface area (Å²) in [6.45, 7) is 5.91. The molecule has 1 unspecified atom stereocenters. The van der Waals surface area contributed by atoms with Crippen LogP contribution in [0.5, 0.6) is 0 Å². The first-order valence-corrected chi connectivity index (χ1v) is 11.6. The van der Waals surface area contributed by atoms with Crippen molar-refractivity contribution in [2.75, 3.05) is 0 Å². The molecule has 2 aliphatic rings. The zero-order valence-electron chi connectivity index (χ0n) is 19.1. The first-order chi connectivity index (χ1) is 16.0. The predicted molar refractivity (Wildman–Crippen MR) is 132 cm³/mol. The largest absolute Gasteiger partial charge is 0.383 e. The van der Waals surface area contributed by atoms with Crippen LogP contribution in [0.1, 0.15) is 54.1 Å². The van der Waals surface area contributed by atoms with Gasteiger partial charge in [-0.1, -0.05) is 60.8 Å². The second-order valence-corrected chi connectivity index (χ2v) is 10.3. The molecular weight excluding hydrogens is 471 g/mol. The number of hydrogen-bond acceptors (Lipinski definition) is 5. The SMILES string of the molecule is Cc1ccc(C(=O)NN2C(N)=C(C#N)C(c3ccc(Cl)c(Cl)c3)C3=C2CC(C)(C)CC3=O)cc1. The number of nitrogens with two attached hydrogens (primary N) is 1. The van der Waals surface area contributed by atoms with Gasteiger partial charge in [0.05, 0.1) is 33.3 Å². The lowest BCUT2D eigenvalue weighted by atomic mass is 9.69. The van der Waals surface area contributed by atoms with Gasteiger partial charge in [0.15, 0.2) is 5.78 Å². The fourth-order valence-corrected chi connectivity index (χ4v) is 4.84. The maximum atomic E-state index is 13.5. The van der Waals surface area contributed by atoms with E-state index < -0.39 is 11.8 Å². The second kappa shape index (κ2) is 8.83. The molecule has 34 heavy (non-hydrogen) atoms. The highest BCUT2D eigenvalue weighted by molar-refractivity contribution is 6.42. The van der Waals surface area contributed by atoms with E-state index in [2.05, 4.69) is 11.5 Å². The number of benzene rings is 2. The third-order valence-corrected chi connectivity index (χ3v) is 6.92. The van der Waals surface area contributed by atoms with Gasteiger partial charge in [0.25, 0.3) is 5.91 Å². The van der Waals surface area contributed by atoms with E-state index in [4.69, 9.17) is 28.9 Å². The summed E-state index contributed by atoms with van der Waals surface area (Å²) in [5, 5.41) is 12.2. The van der Waals surface area contributed by atoms with Crippen LogP contribution in [-0.4, -0.2) is 16.7 Å². The van der Waals surface area contributed by atoms with Gasteiger partial charge in [0.1, 0.15) is 5.82 Å². The van der Waals surface area contributed by atoms with Crippen molar-refractivity contribution in [1.29, 1.82) is 5.26 Å². The third-order valence-electron chi connectivity index (χ3n) is 6.19. The number of carbonyl (C=O) groups excluding carboxylic acids is 2. The predicted octanol–water partition coefficient (Wildman–Crippen LogP) is 5.38. The number of hydrogen-bond donors (Lipinski definition) is 2. The number of nitriles is 1. The molecule has 0 aromatic heterocycles. The van der Waals surface area contributed by atoms with Gasteiger partial charge in [0.2, 0.25) is 0 Å². The van der Waals surface area contributed by atoms with Gasteiger partial charge in [-0.3, -0.25) is 15.0 Å². The van der Waals surface area contributed by atoms with Crippen LogP contribution in [0.4, 0.5) is 0 Å². The quantitative estimate of drug-likeness (QED) is 0.596. The molecule has 0 radical (unpaired) electrons. The minimum atomic E-state index is -0.703. The van der Waals surface area contributed by atoms with Crippen molar-refractivity contribution in [3.8, 4) is 6.07 Å². The fraction of sp³-hybridized carbons (Fsp3) is 0.269. The summed E-state index contributed by atoms with van der Waals surface area (Å²) in [5.74, 6) is -1.12. The van der Waals surface area contributed by atoms with Gasteiger partial charge in [-0.05, 0) is 48.6 Å². The number of amides is 1. The molecule has 174 valence electrons. The summed E-state index contributed by atoms with van der Waals surface area (Å²) in [6.07, 6.45) is 0.793. The number of aryl methyl sites for hydroxylation is 1. The number of hydrazine groups is 1. The van der Waals surface area contributed by atoms with Crippen molar-refractivity contribution in [1.82, 2.24) is 10.4 Å². The average Bonchev–Trinajstić information content (AvgIpc) is 2.77. The molecule has 6 nitrogen and oxygen atoms in total. The Morgan fingerprint density at radius 1 is 1.15 bits per heavy atom. The molecular formula is C26H24Cl2N4O2. The van der Waals surface area contributed by atoms with Crippen molar-refractivity contribution in [2.24, 2.45) is 11.1 Å². The summed E-state index contributed by atoms with van der Waals surface area (Å²) in [7, 11) is 0. The molecule has 1 amide bonds. The van der Waals surface area contributed by atoms with Crippen LogP contribution in [0.3, 0.4) is 0 Å². The van der Waals surface area contributed by atoms with Gasteiger partial charge in [0, 0.05) is 17.6 Å². The van der Waals surface area contributed by atoms with Crippen LogP contribution < -0.4 is 11.2 Å². The molecule has 1 atom stereocenters. The second-order valence-electron chi connectivity index (χ2n) is 9.46. The van der Waals surface area contributed by atoms with Crippen molar-refractivity contribution in [2.45, 2.75) is 39.5 Å². The Labute approximate surface area is 208 Å². The van der Waals surface area contributed by atoms with Crippen molar-refractivity contribution in [3.05, 3.63) is 91.9 Å². The highest BCUT2D eigenvalue weighted by atomic mass is 35.5. The van der Waals surface area contributed by atoms with E-state index >= 15 is 0 Å². The Kier molecular flexibility index (Phi) is 6.20. The summed E-state index contributed by atoms with van der Waals surface area (Å²) in [5.41, 5.74) is 12.2. The van der Waals surface area contributed by atoms with Crippen LogP contribution in [0.15, 0.2) is 65.1 Å². The first kappa shape index (κ1) is 23.9. The van der Waals surface area contributed by atoms with Crippen molar-refractivity contribution in [3.63, 3.8) is 0 Å². The molecule has 0 saturated heterocycles. The lowest BCUT2D eigenvalue weighted by molar-refractivity contribution is -0.118. The normalized spacial score (nSPS) is 19.6. The first-order valence-electron chi connectivity index (χ1n) is 10.8. The van der Waals surface area contributed by atoms with E-state index in [9.17, 15) is 14.9 Å². The van der Waals surface area contributed by atoms with Gasteiger partial charge >= 0.3 is 0 Å². The van der Waals surface area contributed by atoms with Crippen molar-refractivity contribution >= 4 is 34.9 Å². The van der Waals surface area contributed by atoms with Gasteiger partial charge in [-0.15, -0.1) is 0 Å². The van der Waals surface area contributed by atoms with Gasteiger partial charge in [-0.2, -0.15) is 5.26 Å². The number of allylic oxidation sites excluding steroid dienone is 3. The highest BCUT2D eigenvalue weighted by Gasteiger charge is 2.45. The van der Waals surface area contributed by atoms with Crippen LogP contribution in [-0.2, 0) is 4.79 Å². The average molecular weight is 495 g/mol. The molecule has 0 saturated carbocycles. The fourth-order valence-electron chi connectivity index (χ4n) is 4.53. The summed E-state index contributed by atoms with van der Waals surface area (Å²) in [6, 6.07) is 14.3. The number of nitrogens with zero attached hydrogens (tertiary/aromatic N) is 2. The third kappa shape index (κ3) is 4.29. The minimum absolute atomic E-state index is 0.0725. The lowest BCUT2D eigenvalue weighted by Gasteiger charge is -2.43. The molecule has 4 rings (SSSR count). The Hall–Kier alpha value is -3.27. The standard InChI is InChI=1S/C26H24Cl2N4O2/c1-14-4-6-15(7-5-14)25(34)31-32-20-11-26(2,3)12-21(33)23(20)22(17(13-29)24(32)30)16-8-9-18(27)19(28)10-16/h4-10,22H,11-12,30H2,1-3H3,(H,31,34). The Morgan fingerprint density at radius 2 is 1.82 bits per heavy atom. The van der Waals surface area contributed by atoms with Crippen LogP contribution >= 0.6 is 23.2 Å². The van der Waals surface area contributed by atoms with Crippen molar-refractivity contribution < 1.29 is 9.59 Å². The van der Waals surface area contributed by atoms with E-state index in [0.717, 1.165) is 5.56 Å². The molecule has 3 N–H and O–H groups in total. The summed E-state index contributed by atoms with van der Waals surface area (Å²) in [4.78, 5) is 26.5. The van der Waals surface area contributed by atoms with E-state index in [1.165, 1.54) is 5.01 Å². The smallest absolute Gasteiger partial charge is 0.270 e. The lowest BCUT2D eigenvalue weighted by Crippen LogP contribution is -2.49. The molecule has 0 spiro atoms. The molecule has 2 aromatic carbocycles. The van der Waals surface area contributed by atoms with E-state index in [1.807, 2.05) is 32.9 Å². The molecule has 1 aliphatic heterocycles. The number of ketones is 1. The minimum Gasteiger partial charge on any atom is -0.383 e.